The molecule has 5 heteroatoms. The van der Waals surface area contributed by atoms with Gasteiger partial charge in [-0.2, -0.15) is 0 Å². The fourth-order valence-electron chi connectivity index (χ4n) is 1.82. The summed E-state index contributed by atoms with van der Waals surface area (Å²) < 4.78 is 16.0. The van der Waals surface area contributed by atoms with Crippen molar-refractivity contribution in [2.24, 2.45) is 0 Å². The van der Waals surface area contributed by atoms with Crippen LogP contribution >= 0.6 is 0 Å². The quantitative estimate of drug-likeness (QED) is 0.601. The highest BCUT2D eigenvalue weighted by atomic mass is 16.5. The second kappa shape index (κ2) is 11.0. The van der Waals surface area contributed by atoms with Crippen LogP contribution in [0.1, 0.15) is 38.2 Å². The summed E-state index contributed by atoms with van der Waals surface area (Å²) in [5, 5.41) is 8.38. The molecule has 0 atom stereocenters. The molecule has 0 fully saturated rings. The SMILES string of the molecule is CC(C)c1ccc(OCCCOCCCOCC(=O)O)cc1. The Morgan fingerprint density at radius 3 is 2.18 bits per heavy atom. The van der Waals surface area contributed by atoms with Gasteiger partial charge in [0.2, 0.25) is 0 Å². The van der Waals surface area contributed by atoms with Gasteiger partial charge in [-0.25, -0.2) is 4.79 Å². The van der Waals surface area contributed by atoms with Gasteiger partial charge in [0.15, 0.2) is 0 Å². The summed E-state index contributed by atoms with van der Waals surface area (Å²) in [5.41, 5.74) is 1.31. The van der Waals surface area contributed by atoms with Crippen LogP contribution in [-0.4, -0.2) is 44.1 Å². The highest BCUT2D eigenvalue weighted by Gasteiger charge is 2.00. The predicted molar refractivity (Wildman–Crippen MR) is 84.5 cm³/mol. The zero-order valence-corrected chi connectivity index (χ0v) is 13.4. The largest absolute Gasteiger partial charge is 0.494 e. The Hall–Kier alpha value is -1.59. The van der Waals surface area contributed by atoms with Gasteiger partial charge in [-0.05, 0) is 30.0 Å². The summed E-state index contributed by atoms with van der Waals surface area (Å²) in [5.74, 6) is 0.466. The van der Waals surface area contributed by atoms with E-state index in [4.69, 9.17) is 19.3 Å². The first kappa shape index (κ1) is 18.5. The van der Waals surface area contributed by atoms with E-state index in [1.807, 2.05) is 12.1 Å². The predicted octanol–water partition coefficient (Wildman–Crippen LogP) is 3.09. The lowest BCUT2D eigenvalue weighted by Gasteiger charge is -2.09. The molecule has 1 rings (SSSR count). The van der Waals surface area contributed by atoms with Crippen LogP contribution in [0.3, 0.4) is 0 Å². The molecule has 1 N–H and O–H groups in total. The average molecular weight is 310 g/mol. The van der Waals surface area contributed by atoms with Gasteiger partial charge in [-0.1, -0.05) is 26.0 Å². The molecule has 0 aromatic heterocycles. The molecule has 1 aromatic carbocycles. The van der Waals surface area contributed by atoms with Gasteiger partial charge in [-0.15, -0.1) is 0 Å². The van der Waals surface area contributed by atoms with Crippen molar-refractivity contribution >= 4 is 5.97 Å². The zero-order chi connectivity index (χ0) is 16.2. The minimum absolute atomic E-state index is 0.247. The lowest BCUT2D eigenvalue weighted by molar-refractivity contribution is -0.142. The maximum Gasteiger partial charge on any atom is 0.329 e. The van der Waals surface area contributed by atoms with E-state index >= 15 is 0 Å². The molecule has 0 bridgehead atoms. The fraction of sp³-hybridized carbons (Fsp3) is 0.588. The summed E-state index contributed by atoms with van der Waals surface area (Å²) in [6.07, 6.45) is 1.52. The summed E-state index contributed by atoms with van der Waals surface area (Å²) in [4.78, 5) is 10.2. The number of carboxylic acids is 1. The minimum atomic E-state index is -0.945. The number of ether oxygens (including phenoxy) is 3. The van der Waals surface area contributed by atoms with Gasteiger partial charge < -0.3 is 19.3 Å². The highest BCUT2D eigenvalue weighted by molar-refractivity contribution is 5.67. The van der Waals surface area contributed by atoms with Crippen LogP contribution in [0.2, 0.25) is 0 Å². The number of aliphatic carboxylic acids is 1. The van der Waals surface area contributed by atoms with E-state index in [0.29, 0.717) is 38.8 Å². The Bertz CT molecular complexity index is 414. The van der Waals surface area contributed by atoms with Crippen LogP contribution < -0.4 is 4.74 Å². The Balaban J connectivity index is 1.96. The Morgan fingerprint density at radius 2 is 1.59 bits per heavy atom. The van der Waals surface area contributed by atoms with Crippen LogP contribution in [-0.2, 0) is 14.3 Å². The smallest absolute Gasteiger partial charge is 0.329 e. The van der Waals surface area contributed by atoms with Crippen LogP contribution in [0, 0.1) is 0 Å². The van der Waals surface area contributed by atoms with Gasteiger partial charge in [0.1, 0.15) is 12.4 Å². The third kappa shape index (κ3) is 8.64. The monoisotopic (exact) mass is 310 g/mol. The van der Waals surface area contributed by atoms with E-state index in [1.54, 1.807) is 0 Å². The van der Waals surface area contributed by atoms with E-state index in [9.17, 15) is 4.79 Å². The molecule has 0 saturated carbocycles. The fourth-order valence-corrected chi connectivity index (χ4v) is 1.82. The van der Waals surface area contributed by atoms with E-state index in [2.05, 4.69) is 26.0 Å². The van der Waals surface area contributed by atoms with Crippen LogP contribution in [0.4, 0.5) is 0 Å². The van der Waals surface area contributed by atoms with E-state index in [0.717, 1.165) is 12.2 Å². The molecule has 0 heterocycles. The van der Waals surface area contributed by atoms with E-state index < -0.39 is 5.97 Å². The first-order valence-electron chi connectivity index (χ1n) is 7.69. The summed E-state index contributed by atoms with van der Waals surface area (Å²) in [6.45, 7) is 6.32. The summed E-state index contributed by atoms with van der Waals surface area (Å²) in [6, 6.07) is 8.17. The van der Waals surface area contributed by atoms with Gasteiger partial charge >= 0.3 is 5.97 Å². The van der Waals surface area contributed by atoms with Crippen molar-refractivity contribution in [2.75, 3.05) is 33.0 Å². The molecule has 0 radical (unpaired) electrons. The molecule has 0 unspecified atom stereocenters. The maximum atomic E-state index is 10.2. The second-order valence-electron chi connectivity index (χ2n) is 5.34. The first-order valence-corrected chi connectivity index (χ1v) is 7.69. The Morgan fingerprint density at radius 1 is 1.00 bits per heavy atom. The number of hydrogen-bond donors (Lipinski definition) is 1. The maximum absolute atomic E-state index is 10.2. The van der Waals surface area contributed by atoms with Gasteiger partial charge in [0.25, 0.3) is 0 Å². The van der Waals surface area contributed by atoms with Crippen LogP contribution in [0.15, 0.2) is 24.3 Å². The van der Waals surface area contributed by atoms with E-state index in [-0.39, 0.29) is 6.61 Å². The third-order valence-corrected chi connectivity index (χ3v) is 3.05. The molecule has 0 spiro atoms. The van der Waals surface area contributed by atoms with Crippen molar-refractivity contribution < 1.29 is 24.1 Å². The number of benzene rings is 1. The Kier molecular flexibility index (Phi) is 9.26. The minimum Gasteiger partial charge on any atom is -0.494 e. The van der Waals surface area contributed by atoms with Crippen LogP contribution in [0.5, 0.6) is 5.75 Å². The van der Waals surface area contributed by atoms with Gasteiger partial charge in [-0.3, -0.25) is 0 Å². The lowest BCUT2D eigenvalue weighted by atomic mass is 10.0. The standard InChI is InChI=1S/C17H26O5/c1-14(2)15-5-7-16(8-6-15)22-12-4-10-20-9-3-11-21-13-17(18)19/h5-8,14H,3-4,9-13H2,1-2H3,(H,18,19). The van der Waals surface area contributed by atoms with Crippen molar-refractivity contribution in [3.8, 4) is 5.75 Å². The molecular formula is C17H26O5. The highest BCUT2D eigenvalue weighted by Crippen LogP contribution is 2.18. The molecule has 0 aliphatic rings. The number of carboxylic acid groups (broad SMARTS) is 1. The zero-order valence-electron chi connectivity index (χ0n) is 13.4. The summed E-state index contributed by atoms with van der Waals surface area (Å²) >= 11 is 0. The molecule has 0 saturated heterocycles. The van der Waals surface area contributed by atoms with Crippen molar-refractivity contribution in [3.05, 3.63) is 29.8 Å². The molecule has 22 heavy (non-hydrogen) atoms. The van der Waals surface area contributed by atoms with Crippen molar-refractivity contribution in [2.45, 2.75) is 32.6 Å². The molecule has 0 aliphatic heterocycles. The first-order chi connectivity index (χ1) is 10.6. The molecule has 0 amide bonds. The number of rotatable bonds is 12. The normalized spacial score (nSPS) is 10.9. The lowest BCUT2D eigenvalue weighted by Crippen LogP contribution is -2.10. The Labute approximate surface area is 132 Å². The number of hydrogen-bond acceptors (Lipinski definition) is 4. The van der Waals surface area contributed by atoms with Gasteiger partial charge in [0, 0.05) is 26.2 Å². The molecular weight excluding hydrogens is 284 g/mol. The topological polar surface area (TPSA) is 65.0 Å². The second-order valence-corrected chi connectivity index (χ2v) is 5.34. The van der Waals surface area contributed by atoms with Crippen molar-refractivity contribution in [1.82, 2.24) is 0 Å². The van der Waals surface area contributed by atoms with Crippen LogP contribution in [0.25, 0.3) is 0 Å². The molecule has 0 aliphatic carbocycles. The number of carbonyl (C=O) groups is 1. The molecule has 5 nitrogen and oxygen atoms in total. The average Bonchev–Trinajstić information content (AvgIpc) is 2.49. The van der Waals surface area contributed by atoms with Crippen molar-refractivity contribution in [1.29, 1.82) is 0 Å². The van der Waals surface area contributed by atoms with Crippen molar-refractivity contribution in [3.63, 3.8) is 0 Å². The summed E-state index contributed by atoms with van der Waals surface area (Å²) in [7, 11) is 0. The van der Waals surface area contributed by atoms with Gasteiger partial charge in [0.05, 0.1) is 6.61 Å². The third-order valence-electron chi connectivity index (χ3n) is 3.05. The molecule has 124 valence electrons. The molecule has 1 aromatic rings. The van der Waals surface area contributed by atoms with E-state index in [1.165, 1.54) is 5.56 Å².